The first-order valence-electron chi connectivity index (χ1n) is 7.30. The molecule has 0 bridgehead atoms. The minimum absolute atomic E-state index is 0.0434. The first-order chi connectivity index (χ1) is 10.8. The van der Waals surface area contributed by atoms with Crippen LogP contribution in [0.2, 0.25) is 0 Å². The maximum atomic E-state index is 8.95. The van der Waals surface area contributed by atoms with Crippen LogP contribution in [0.3, 0.4) is 0 Å². The van der Waals surface area contributed by atoms with E-state index in [1.807, 2.05) is 30.5 Å². The third-order valence-corrected chi connectivity index (χ3v) is 3.68. The van der Waals surface area contributed by atoms with Crippen LogP contribution in [-0.4, -0.2) is 16.3 Å². The minimum atomic E-state index is 0.0434. The second-order valence-electron chi connectivity index (χ2n) is 5.16. The molecule has 0 spiro atoms. The van der Waals surface area contributed by atoms with E-state index < -0.39 is 0 Å². The highest BCUT2D eigenvalue weighted by molar-refractivity contribution is 5.92. The van der Waals surface area contributed by atoms with Crippen LogP contribution in [0.25, 0.3) is 22.9 Å². The number of fused-ring (bicyclic) bond motifs is 1. The third kappa shape index (κ3) is 3.00. The Hall–Kier alpha value is -2.65. The summed E-state index contributed by atoms with van der Waals surface area (Å²) in [6.07, 6.45) is 5.93. The number of hydrogen-bond acceptors (Lipinski definition) is 2. The van der Waals surface area contributed by atoms with Gasteiger partial charge in [-0.25, -0.2) is 0 Å². The molecule has 22 heavy (non-hydrogen) atoms. The largest absolute Gasteiger partial charge is 0.395 e. The van der Waals surface area contributed by atoms with Crippen LogP contribution in [0.1, 0.15) is 11.1 Å². The van der Waals surface area contributed by atoms with Crippen molar-refractivity contribution in [3.8, 4) is 0 Å². The van der Waals surface area contributed by atoms with Gasteiger partial charge in [0.1, 0.15) is 5.49 Å². The average molecular weight is 290 g/mol. The molecule has 0 amide bonds. The first kappa shape index (κ1) is 14.3. The highest BCUT2D eigenvalue weighted by Crippen LogP contribution is 2.20. The lowest BCUT2D eigenvalue weighted by Gasteiger charge is -2.05. The van der Waals surface area contributed by atoms with E-state index in [2.05, 4.69) is 36.4 Å². The summed E-state index contributed by atoms with van der Waals surface area (Å²) >= 11 is 0. The maximum Gasteiger partial charge on any atom is 0.125 e. The minimum Gasteiger partial charge on any atom is -0.395 e. The second-order valence-corrected chi connectivity index (χ2v) is 5.16. The summed E-state index contributed by atoms with van der Waals surface area (Å²) in [5.74, 6) is 0. The van der Waals surface area contributed by atoms with Crippen LogP contribution in [0.15, 0.2) is 60.8 Å². The van der Waals surface area contributed by atoms with Crippen LogP contribution in [0, 0.1) is 5.41 Å². The van der Waals surface area contributed by atoms with Gasteiger partial charge in [0, 0.05) is 12.7 Å². The van der Waals surface area contributed by atoms with Gasteiger partial charge in [0.25, 0.3) is 0 Å². The topological polar surface area (TPSA) is 49.0 Å². The van der Waals surface area contributed by atoms with Crippen molar-refractivity contribution in [1.82, 2.24) is 4.57 Å². The van der Waals surface area contributed by atoms with Gasteiger partial charge in [-0.15, -0.1) is 0 Å². The monoisotopic (exact) mass is 290 g/mol. The molecule has 0 saturated heterocycles. The van der Waals surface area contributed by atoms with Gasteiger partial charge in [-0.3, -0.25) is 5.41 Å². The summed E-state index contributed by atoms with van der Waals surface area (Å²) in [5, 5.41) is 19.3. The quantitative estimate of drug-likeness (QED) is 0.761. The summed E-state index contributed by atoms with van der Waals surface area (Å²) in [6.45, 7) is 0.494. The normalized spacial score (nSPS) is 11.3. The van der Waals surface area contributed by atoms with Gasteiger partial charge in [-0.05, 0) is 34.0 Å². The van der Waals surface area contributed by atoms with Gasteiger partial charge in [0.15, 0.2) is 0 Å². The van der Waals surface area contributed by atoms with E-state index in [9.17, 15) is 0 Å². The molecule has 0 saturated carbocycles. The molecule has 0 unspecified atom stereocenters. The van der Waals surface area contributed by atoms with E-state index in [4.69, 9.17) is 10.5 Å². The van der Waals surface area contributed by atoms with Crippen LogP contribution >= 0.6 is 0 Å². The van der Waals surface area contributed by atoms with E-state index in [0.717, 1.165) is 11.1 Å². The highest BCUT2D eigenvalue weighted by atomic mass is 16.3. The molecule has 1 heterocycles. The molecular formula is C19H18N2O. The van der Waals surface area contributed by atoms with Crippen molar-refractivity contribution >= 4 is 22.9 Å². The summed E-state index contributed by atoms with van der Waals surface area (Å²) in [6, 6.07) is 18.3. The number of benzene rings is 2. The van der Waals surface area contributed by atoms with Crippen molar-refractivity contribution in [2.45, 2.75) is 6.54 Å². The molecule has 3 aromatic rings. The molecule has 1 aromatic heterocycles. The zero-order valence-corrected chi connectivity index (χ0v) is 12.2. The van der Waals surface area contributed by atoms with E-state index in [-0.39, 0.29) is 6.61 Å². The molecule has 0 radical (unpaired) electrons. The third-order valence-electron chi connectivity index (χ3n) is 3.68. The number of aliphatic hydroxyl groups is 1. The van der Waals surface area contributed by atoms with Gasteiger partial charge in [-0.1, -0.05) is 54.6 Å². The fraction of sp³-hybridized carbons (Fsp3) is 0.105. The standard InChI is InChI=1S/C19H18N2O/c20-19-14-15(10-11-21(19)12-13-22)8-9-17-6-3-5-16-4-1-2-7-18(16)17/h1-11,14,20,22H,12-13H2. The van der Waals surface area contributed by atoms with E-state index >= 15 is 0 Å². The number of aliphatic hydroxyl groups excluding tert-OH is 1. The molecule has 0 fully saturated rings. The molecule has 2 N–H and O–H groups in total. The van der Waals surface area contributed by atoms with Crippen LogP contribution in [-0.2, 0) is 6.54 Å². The lowest BCUT2D eigenvalue weighted by atomic mass is 10.0. The average Bonchev–Trinajstić information content (AvgIpc) is 2.55. The van der Waals surface area contributed by atoms with Gasteiger partial charge in [0.2, 0.25) is 0 Å². The van der Waals surface area contributed by atoms with Crippen molar-refractivity contribution in [2.24, 2.45) is 0 Å². The zero-order valence-electron chi connectivity index (χ0n) is 12.2. The summed E-state index contributed by atoms with van der Waals surface area (Å²) in [5.41, 5.74) is 2.54. The smallest absolute Gasteiger partial charge is 0.125 e. The summed E-state index contributed by atoms with van der Waals surface area (Å²) < 4.78 is 1.72. The Kier molecular flexibility index (Phi) is 4.17. The Morgan fingerprint density at radius 2 is 1.82 bits per heavy atom. The SMILES string of the molecule is N=c1cc(C=Cc2cccc3ccccc23)ccn1CCO. The molecule has 0 aliphatic rings. The first-order valence-corrected chi connectivity index (χ1v) is 7.30. The van der Waals surface area contributed by atoms with Crippen LogP contribution in [0.4, 0.5) is 0 Å². The van der Waals surface area contributed by atoms with E-state index in [1.165, 1.54) is 10.8 Å². The maximum absolute atomic E-state index is 8.95. The number of nitrogens with one attached hydrogen (secondary N) is 1. The van der Waals surface area contributed by atoms with E-state index in [0.29, 0.717) is 12.0 Å². The zero-order chi connectivity index (χ0) is 15.4. The molecule has 0 aliphatic carbocycles. The van der Waals surface area contributed by atoms with Crippen LogP contribution < -0.4 is 5.49 Å². The fourth-order valence-electron chi connectivity index (χ4n) is 2.53. The Labute approximate surface area is 129 Å². The molecular weight excluding hydrogens is 272 g/mol. The molecule has 3 rings (SSSR count). The molecule has 0 aliphatic heterocycles. The Morgan fingerprint density at radius 1 is 1.00 bits per heavy atom. The Balaban J connectivity index is 1.93. The summed E-state index contributed by atoms with van der Waals surface area (Å²) in [4.78, 5) is 0. The fourth-order valence-corrected chi connectivity index (χ4v) is 2.53. The van der Waals surface area contributed by atoms with Crippen molar-refractivity contribution in [1.29, 1.82) is 5.41 Å². The van der Waals surface area contributed by atoms with Gasteiger partial charge >= 0.3 is 0 Å². The van der Waals surface area contributed by atoms with E-state index in [1.54, 1.807) is 10.6 Å². The predicted molar refractivity (Wildman–Crippen MR) is 90.2 cm³/mol. The van der Waals surface area contributed by atoms with Gasteiger partial charge < -0.3 is 9.67 Å². The second kappa shape index (κ2) is 6.41. The molecule has 2 aromatic carbocycles. The Morgan fingerprint density at radius 3 is 2.64 bits per heavy atom. The lowest BCUT2D eigenvalue weighted by Crippen LogP contribution is -2.20. The number of nitrogens with zero attached hydrogens (tertiary/aromatic N) is 1. The Bertz CT molecular complexity index is 872. The predicted octanol–water partition coefficient (Wildman–Crippen LogP) is 3.28. The molecule has 3 nitrogen and oxygen atoms in total. The highest BCUT2D eigenvalue weighted by Gasteiger charge is 1.97. The number of aromatic nitrogens is 1. The lowest BCUT2D eigenvalue weighted by molar-refractivity contribution is 0.273. The van der Waals surface area contributed by atoms with Gasteiger partial charge in [0.05, 0.1) is 6.61 Å². The van der Waals surface area contributed by atoms with Crippen molar-refractivity contribution in [3.63, 3.8) is 0 Å². The number of hydrogen-bond donors (Lipinski definition) is 2. The van der Waals surface area contributed by atoms with Crippen LogP contribution in [0.5, 0.6) is 0 Å². The van der Waals surface area contributed by atoms with Crippen molar-refractivity contribution in [2.75, 3.05) is 6.61 Å². The van der Waals surface area contributed by atoms with Crippen molar-refractivity contribution < 1.29 is 5.11 Å². The molecule has 110 valence electrons. The van der Waals surface area contributed by atoms with Crippen molar-refractivity contribution in [3.05, 3.63) is 77.4 Å². The summed E-state index contributed by atoms with van der Waals surface area (Å²) in [7, 11) is 0. The molecule has 3 heteroatoms. The molecule has 0 atom stereocenters. The number of pyridine rings is 1. The number of rotatable bonds is 4. The van der Waals surface area contributed by atoms with Gasteiger partial charge in [-0.2, -0.15) is 0 Å².